The van der Waals surface area contributed by atoms with Crippen LogP contribution in [0.4, 0.5) is 0 Å². The van der Waals surface area contributed by atoms with E-state index in [9.17, 15) is 4.79 Å². The van der Waals surface area contributed by atoms with Gasteiger partial charge in [-0.25, -0.2) is 0 Å². The first-order valence-electron chi connectivity index (χ1n) is 8.23. The molecule has 0 saturated carbocycles. The number of aromatic nitrogens is 1. The zero-order valence-electron chi connectivity index (χ0n) is 13.8. The van der Waals surface area contributed by atoms with Crippen LogP contribution < -0.4 is 10.3 Å². The first-order chi connectivity index (χ1) is 11.1. The topological polar surface area (TPSA) is 43.7 Å². The Labute approximate surface area is 136 Å². The van der Waals surface area contributed by atoms with E-state index in [1.807, 2.05) is 44.3 Å². The van der Waals surface area contributed by atoms with Crippen LogP contribution in [0.15, 0.2) is 35.3 Å². The molecule has 1 fully saturated rings. The second-order valence-electron chi connectivity index (χ2n) is 6.18. The number of hydrogen-bond acceptors (Lipinski definition) is 4. The van der Waals surface area contributed by atoms with Crippen LogP contribution in [0.1, 0.15) is 13.8 Å². The fourth-order valence-corrected chi connectivity index (χ4v) is 2.86. The van der Waals surface area contributed by atoms with E-state index in [4.69, 9.17) is 9.47 Å². The molecule has 0 amide bonds. The van der Waals surface area contributed by atoms with E-state index in [-0.39, 0.29) is 11.7 Å². The molecular weight excluding hydrogens is 292 g/mol. The van der Waals surface area contributed by atoms with E-state index in [1.165, 1.54) is 0 Å². The van der Waals surface area contributed by atoms with E-state index < -0.39 is 0 Å². The lowest BCUT2D eigenvalue weighted by Crippen LogP contribution is -2.39. The standard InChI is InChI=1S/C18H24N2O3/c1-14(2)23-16-3-4-17-15(13-16)5-6-20(18(17)21)8-7-19-9-11-22-12-10-19/h3-6,13-14H,7-12H2,1-2H3. The van der Waals surface area contributed by atoms with Gasteiger partial charge in [-0.05, 0) is 43.5 Å². The van der Waals surface area contributed by atoms with Gasteiger partial charge in [0.25, 0.3) is 5.56 Å². The second-order valence-corrected chi connectivity index (χ2v) is 6.18. The van der Waals surface area contributed by atoms with Crippen LogP contribution in [0.2, 0.25) is 0 Å². The van der Waals surface area contributed by atoms with Gasteiger partial charge < -0.3 is 14.0 Å². The molecule has 124 valence electrons. The molecule has 1 aromatic carbocycles. The minimum atomic E-state index is 0.0619. The summed E-state index contributed by atoms with van der Waals surface area (Å²) in [6, 6.07) is 7.66. The van der Waals surface area contributed by atoms with Crippen molar-refractivity contribution in [1.29, 1.82) is 0 Å². The van der Waals surface area contributed by atoms with Crippen molar-refractivity contribution in [3.05, 3.63) is 40.8 Å². The van der Waals surface area contributed by atoms with E-state index >= 15 is 0 Å². The minimum absolute atomic E-state index is 0.0619. The van der Waals surface area contributed by atoms with Crippen LogP contribution in [-0.2, 0) is 11.3 Å². The molecule has 5 nitrogen and oxygen atoms in total. The van der Waals surface area contributed by atoms with Crippen molar-refractivity contribution in [2.45, 2.75) is 26.5 Å². The lowest BCUT2D eigenvalue weighted by molar-refractivity contribution is 0.0363. The fraction of sp³-hybridized carbons (Fsp3) is 0.500. The van der Waals surface area contributed by atoms with Gasteiger partial charge in [-0.15, -0.1) is 0 Å². The van der Waals surface area contributed by atoms with Crippen LogP contribution in [0.5, 0.6) is 5.75 Å². The normalized spacial score (nSPS) is 16.1. The average Bonchev–Trinajstić information content (AvgIpc) is 2.54. The van der Waals surface area contributed by atoms with Crippen molar-refractivity contribution >= 4 is 10.8 Å². The molecular formula is C18H24N2O3. The monoisotopic (exact) mass is 316 g/mol. The summed E-state index contributed by atoms with van der Waals surface area (Å²) in [6.45, 7) is 9.02. The molecule has 3 rings (SSSR count). The maximum Gasteiger partial charge on any atom is 0.258 e. The molecule has 1 aliphatic heterocycles. The minimum Gasteiger partial charge on any atom is -0.491 e. The number of fused-ring (bicyclic) bond motifs is 1. The van der Waals surface area contributed by atoms with Crippen molar-refractivity contribution in [2.24, 2.45) is 0 Å². The van der Waals surface area contributed by atoms with Crippen LogP contribution in [0, 0.1) is 0 Å². The first kappa shape index (κ1) is 16.0. The summed E-state index contributed by atoms with van der Waals surface area (Å²) in [4.78, 5) is 14.9. The van der Waals surface area contributed by atoms with Crippen LogP contribution in [0.25, 0.3) is 10.8 Å². The Morgan fingerprint density at radius 2 is 1.96 bits per heavy atom. The Bertz CT molecular complexity index is 718. The van der Waals surface area contributed by atoms with Gasteiger partial charge in [0.2, 0.25) is 0 Å². The summed E-state index contributed by atoms with van der Waals surface area (Å²) in [7, 11) is 0. The number of ether oxygens (including phenoxy) is 2. The summed E-state index contributed by atoms with van der Waals surface area (Å²) >= 11 is 0. The summed E-state index contributed by atoms with van der Waals surface area (Å²) in [5, 5.41) is 1.67. The third kappa shape index (κ3) is 3.92. The van der Waals surface area contributed by atoms with Gasteiger partial charge in [0.05, 0.1) is 19.3 Å². The van der Waals surface area contributed by atoms with Crippen LogP contribution in [0.3, 0.4) is 0 Å². The Kier molecular flexibility index (Phi) is 4.98. The predicted octanol–water partition coefficient (Wildman–Crippen LogP) is 2.12. The molecule has 1 aromatic heterocycles. The summed E-state index contributed by atoms with van der Waals surface area (Å²) in [5.74, 6) is 0.804. The average molecular weight is 316 g/mol. The molecule has 0 radical (unpaired) electrons. The van der Waals surface area contributed by atoms with Crippen molar-refractivity contribution in [3.8, 4) is 5.75 Å². The zero-order chi connectivity index (χ0) is 16.2. The molecule has 0 bridgehead atoms. The molecule has 1 aliphatic rings. The summed E-state index contributed by atoms with van der Waals surface area (Å²) < 4.78 is 12.8. The van der Waals surface area contributed by atoms with Crippen molar-refractivity contribution < 1.29 is 9.47 Å². The quantitative estimate of drug-likeness (QED) is 0.847. The van der Waals surface area contributed by atoms with Gasteiger partial charge in [-0.1, -0.05) is 0 Å². The molecule has 23 heavy (non-hydrogen) atoms. The largest absolute Gasteiger partial charge is 0.491 e. The highest BCUT2D eigenvalue weighted by molar-refractivity contribution is 5.82. The highest BCUT2D eigenvalue weighted by Gasteiger charge is 2.11. The van der Waals surface area contributed by atoms with Gasteiger partial charge in [0.15, 0.2) is 0 Å². The molecule has 5 heteroatoms. The van der Waals surface area contributed by atoms with E-state index in [0.717, 1.165) is 49.4 Å². The molecule has 0 N–H and O–H groups in total. The van der Waals surface area contributed by atoms with E-state index in [1.54, 1.807) is 4.57 Å². The molecule has 0 unspecified atom stereocenters. The molecule has 0 spiro atoms. The van der Waals surface area contributed by atoms with Gasteiger partial charge in [0.1, 0.15) is 5.75 Å². The Morgan fingerprint density at radius 1 is 1.17 bits per heavy atom. The summed E-state index contributed by atoms with van der Waals surface area (Å²) in [6.07, 6.45) is 2.01. The zero-order valence-corrected chi connectivity index (χ0v) is 13.8. The Balaban J connectivity index is 1.77. The summed E-state index contributed by atoms with van der Waals surface area (Å²) in [5.41, 5.74) is 0.0619. The van der Waals surface area contributed by atoms with E-state index in [0.29, 0.717) is 6.54 Å². The van der Waals surface area contributed by atoms with Crippen molar-refractivity contribution in [2.75, 3.05) is 32.8 Å². The molecule has 2 heterocycles. The lowest BCUT2D eigenvalue weighted by Gasteiger charge is -2.26. The molecule has 1 saturated heterocycles. The predicted molar refractivity (Wildman–Crippen MR) is 91.2 cm³/mol. The maximum absolute atomic E-state index is 12.6. The highest BCUT2D eigenvalue weighted by Crippen LogP contribution is 2.19. The molecule has 0 atom stereocenters. The molecule has 2 aromatic rings. The van der Waals surface area contributed by atoms with Crippen molar-refractivity contribution in [3.63, 3.8) is 0 Å². The fourth-order valence-electron chi connectivity index (χ4n) is 2.86. The Hall–Kier alpha value is -1.85. The number of morpholine rings is 1. The number of benzene rings is 1. The third-order valence-electron chi connectivity index (χ3n) is 4.08. The smallest absolute Gasteiger partial charge is 0.258 e. The number of rotatable bonds is 5. The number of hydrogen-bond donors (Lipinski definition) is 0. The number of nitrogens with zero attached hydrogens (tertiary/aromatic N) is 2. The van der Waals surface area contributed by atoms with Crippen molar-refractivity contribution in [1.82, 2.24) is 9.47 Å². The van der Waals surface area contributed by atoms with Crippen LogP contribution >= 0.6 is 0 Å². The first-order valence-corrected chi connectivity index (χ1v) is 8.23. The van der Waals surface area contributed by atoms with Crippen LogP contribution in [-0.4, -0.2) is 48.4 Å². The Morgan fingerprint density at radius 3 is 2.70 bits per heavy atom. The SMILES string of the molecule is CC(C)Oc1ccc2c(=O)n(CCN3CCOCC3)ccc2c1. The maximum atomic E-state index is 12.6. The van der Waals surface area contributed by atoms with Gasteiger partial charge in [0, 0.05) is 37.8 Å². The number of pyridine rings is 1. The van der Waals surface area contributed by atoms with Gasteiger partial charge in [-0.3, -0.25) is 9.69 Å². The third-order valence-corrected chi connectivity index (χ3v) is 4.08. The van der Waals surface area contributed by atoms with E-state index in [2.05, 4.69) is 4.90 Å². The van der Waals surface area contributed by atoms with Gasteiger partial charge in [-0.2, -0.15) is 0 Å². The van der Waals surface area contributed by atoms with Gasteiger partial charge >= 0.3 is 0 Å². The second kappa shape index (κ2) is 7.15. The lowest BCUT2D eigenvalue weighted by atomic mass is 10.1. The highest BCUT2D eigenvalue weighted by atomic mass is 16.5. The molecule has 0 aliphatic carbocycles.